The molecule has 0 radical (unpaired) electrons. The number of hydrogen-bond donors (Lipinski definition) is 1. The van der Waals surface area contributed by atoms with Gasteiger partial charge in [-0.3, -0.25) is 4.79 Å². The van der Waals surface area contributed by atoms with Crippen molar-refractivity contribution in [2.24, 2.45) is 0 Å². The first kappa shape index (κ1) is 19.7. The Bertz CT molecular complexity index is 1240. The number of rotatable bonds is 5. The Morgan fingerprint density at radius 2 is 1.90 bits per heavy atom. The molecule has 1 amide bonds. The summed E-state index contributed by atoms with van der Waals surface area (Å²) < 4.78 is 7.27. The lowest BCUT2D eigenvalue weighted by Gasteiger charge is -2.28. The van der Waals surface area contributed by atoms with Gasteiger partial charge in [0.05, 0.1) is 18.2 Å². The number of fused-ring (bicyclic) bond motifs is 1. The highest BCUT2D eigenvalue weighted by atomic mass is 32.1. The Labute approximate surface area is 184 Å². The van der Waals surface area contributed by atoms with Crippen LogP contribution in [0, 0.1) is 6.92 Å². The minimum atomic E-state index is -0.507. The highest BCUT2D eigenvalue weighted by molar-refractivity contribution is 7.19. The van der Waals surface area contributed by atoms with Gasteiger partial charge < -0.3 is 10.1 Å². The molecule has 1 aliphatic carbocycles. The van der Waals surface area contributed by atoms with E-state index in [2.05, 4.69) is 32.7 Å². The van der Waals surface area contributed by atoms with Gasteiger partial charge in [-0.15, -0.1) is 10.2 Å². The molecule has 2 aromatic carbocycles. The Balaban J connectivity index is 1.50. The number of ether oxygens (including phenoxy) is 1. The van der Waals surface area contributed by atoms with E-state index >= 15 is 0 Å². The molecule has 158 valence electrons. The second-order valence-electron chi connectivity index (χ2n) is 7.87. The number of nitrogens with one attached hydrogen (secondary N) is 1. The predicted octanol–water partition coefficient (Wildman–Crippen LogP) is 4.62. The smallest absolute Gasteiger partial charge is 0.235 e. The number of aryl methyl sites for hydroxylation is 1. The van der Waals surface area contributed by atoms with Crippen LogP contribution in [-0.4, -0.2) is 32.8 Å². The first-order valence-corrected chi connectivity index (χ1v) is 11.2. The van der Waals surface area contributed by atoms with Gasteiger partial charge in [0.2, 0.25) is 10.9 Å². The summed E-state index contributed by atoms with van der Waals surface area (Å²) in [6.07, 6.45) is 3.79. The first-order valence-electron chi connectivity index (χ1n) is 10.3. The summed E-state index contributed by atoms with van der Waals surface area (Å²) in [5, 5.41) is 16.8. The van der Waals surface area contributed by atoms with Crippen molar-refractivity contribution >= 4 is 27.9 Å². The fourth-order valence-corrected chi connectivity index (χ4v) is 5.28. The zero-order valence-corrected chi connectivity index (χ0v) is 18.3. The molecular formula is C23H23N5O2S. The first-order chi connectivity index (χ1) is 15.1. The Hall–Kier alpha value is -3.26. The maximum absolute atomic E-state index is 13.6. The van der Waals surface area contributed by atoms with Crippen molar-refractivity contribution < 1.29 is 9.53 Å². The monoisotopic (exact) mass is 433 g/mol. The third-order valence-electron chi connectivity index (χ3n) is 6.06. The van der Waals surface area contributed by atoms with Crippen molar-refractivity contribution in [2.75, 3.05) is 12.4 Å². The molecule has 0 aliphatic heterocycles. The normalized spacial score (nSPS) is 15.3. The van der Waals surface area contributed by atoms with Crippen LogP contribution in [0.1, 0.15) is 37.1 Å². The van der Waals surface area contributed by atoms with Crippen molar-refractivity contribution in [3.63, 3.8) is 0 Å². The van der Waals surface area contributed by atoms with Gasteiger partial charge in [-0.25, -0.2) is 0 Å². The summed E-state index contributed by atoms with van der Waals surface area (Å²) in [4.78, 5) is 14.3. The maximum atomic E-state index is 13.6. The van der Waals surface area contributed by atoms with E-state index < -0.39 is 5.41 Å². The highest BCUT2D eigenvalue weighted by Crippen LogP contribution is 2.43. The summed E-state index contributed by atoms with van der Waals surface area (Å²) in [7, 11) is 1.61. The average molecular weight is 434 g/mol. The van der Waals surface area contributed by atoms with Crippen LogP contribution in [0.3, 0.4) is 0 Å². The molecule has 5 rings (SSSR count). The second kappa shape index (κ2) is 7.77. The maximum Gasteiger partial charge on any atom is 0.235 e. The highest BCUT2D eigenvalue weighted by Gasteiger charge is 2.42. The lowest BCUT2D eigenvalue weighted by molar-refractivity contribution is -0.121. The number of carbonyl (C=O) groups is 1. The zero-order valence-electron chi connectivity index (χ0n) is 17.5. The van der Waals surface area contributed by atoms with Crippen molar-refractivity contribution in [2.45, 2.75) is 38.0 Å². The van der Waals surface area contributed by atoms with Gasteiger partial charge in [-0.1, -0.05) is 54.5 Å². The lowest BCUT2D eigenvalue weighted by atomic mass is 9.78. The summed E-state index contributed by atoms with van der Waals surface area (Å²) in [5.41, 5.74) is 2.11. The van der Waals surface area contributed by atoms with Gasteiger partial charge in [-0.2, -0.15) is 9.61 Å². The van der Waals surface area contributed by atoms with Crippen LogP contribution in [0.2, 0.25) is 0 Å². The van der Waals surface area contributed by atoms with Crippen LogP contribution in [0.4, 0.5) is 5.69 Å². The Morgan fingerprint density at radius 1 is 1.13 bits per heavy atom. The average Bonchev–Trinajstić information content (AvgIpc) is 3.53. The molecule has 1 aliphatic rings. The van der Waals surface area contributed by atoms with E-state index in [1.54, 1.807) is 11.6 Å². The van der Waals surface area contributed by atoms with Gasteiger partial charge in [0, 0.05) is 5.56 Å². The van der Waals surface area contributed by atoms with Gasteiger partial charge >= 0.3 is 0 Å². The summed E-state index contributed by atoms with van der Waals surface area (Å²) >= 11 is 1.46. The minimum absolute atomic E-state index is 0.0145. The van der Waals surface area contributed by atoms with Crippen molar-refractivity contribution in [1.82, 2.24) is 19.8 Å². The SMILES string of the molecule is COc1ccc(-c2nn3c(C)nnc3s2)cc1NC(=O)C1(c2ccccc2)CCCC1. The van der Waals surface area contributed by atoms with Crippen LogP contribution in [0.15, 0.2) is 48.5 Å². The van der Waals surface area contributed by atoms with E-state index in [0.29, 0.717) is 11.4 Å². The molecule has 0 bridgehead atoms. The molecule has 1 N–H and O–H groups in total. The van der Waals surface area contributed by atoms with Crippen LogP contribution in [-0.2, 0) is 10.2 Å². The molecule has 1 fully saturated rings. The summed E-state index contributed by atoms with van der Waals surface area (Å²) in [6, 6.07) is 15.8. The van der Waals surface area contributed by atoms with E-state index in [4.69, 9.17) is 4.74 Å². The number of anilines is 1. The van der Waals surface area contributed by atoms with Crippen molar-refractivity contribution in [1.29, 1.82) is 0 Å². The van der Waals surface area contributed by atoms with E-state index in [0.717, 1.165) is 52.6 Å². The predicted molar refractivity (Wildman–Crippen MR) is 121 cm³/mol. The second-order valence-corrected chi connectivity index (χ2v) is 8.83. The number of carbonyl (C=O) groups excluding carboxylic acids is 1. The number of nitrogens with zero attached hydrogens (tertiary/aromatic N) is 4. The van der Waals surface area contributed by atoms with Gasteiger partial charge in [0.15, 0.2) is 5.82 Å². The molecule has 0 spiro atoms. The molecule has 0 unspecified atom stereocenters. The quantitative estimate of drug-likeness (QED) is 0.497. The van der Waals surface area contributed by atoms with Crippen molar-refractivity contribution in [3.05, 3.63) is 59.9 Å². The number of hydrogen-bond acceptors (Lipinski definition) is 6. The molecule has 31 heavy (non-hydrogen) atoms. The fraction of sp³-hybridized carbons (Fsp3) is 0.304. The summed E-state index contributed by atoms with van der Waals surface area (Å²) in [5.74, 6) is 1.38. The van der Waals surface area contributed by atoms with Gasteiger partial charge in [0.1, 0.15) is 10.8 Å². The number of methoxy groups -OCH3 is 1. The molecule has 0 saturated heterocycles. The number of aromatic nitrogens is 4. The third-order valence-corrected chi connectivity index (χ3v) is 7.01. The van der Waals surface area contributed by atoms with E-state index in [9.17, 15) is 4.79 Å². The lowest BCUT2D eigenvalue weighted by Crippen LogP contribution is -2.38. The minimum Gasteiger partial charge on any atom is -0.495 e. The largest absolute Gasteiger partial charge is 0.495 e. The van der Waals surface area contributed by atoms with E-state index in [-0.39, 0.29) is 5.91 Å². The molecule has 0 atom stereocenters. The number of benzene rings is 2. The number of amides is 1. The Morgan fingerprint density at radius 3 is 2.61 bits per heavy atom. The van der Waals surface area contributed by atoms with E-state index in [1.807, 2.05) is 43.3 Å². The molecule has 4 aromatic rings. The Kier molecular flexibility index (Phi) is 4.94. The van der Waals surface area contributed by atoms with Crippen LogP contribution < -0.4 is 10.1 Å². The van der Waals surface area contributed by atoms with Crippen LogP contribution >= 0.6 is 11.3 Å². The van der Waals surface area contributed by atoms with Crippen LogP contribution in [0.25, 0.3) is 15.5 Å². The van der Waals surface area contributed by atoms with Gasteiger partial charge in [-0.05, 0) is 43.5 Å². The summed E-state index contributed by atoms with van der Waals surface area (Å²) in [6.45, 7) is 1.87. The molecule has 2 aromatic heterocycles. The molecule has 1 saturated carbocycles. The fourth-order valence-electron chi connectivity index (χ4n) is 4.39. The topological polar surface area (TPSA) is 81.4 Å². The van der Waals surface area contributed by atoms with E-state index in [1.165, 1.54) is 11.3 Å². The molecule has 2 heterocycles. The molecular weight excluding hydrogens is 410 g/mol. The van der Waals surface area contributed by atoms with Gasteiger partial charge in [0.25, 0.3) is 0 Å². The molecule has 8 heteroatoms. The standard InChI is InChI=1S/C23H23N5O2S/c1-15-25-26-22-28(15)27-20(31-22)16-10-11-19(30-2)18(14-16)24-21(29)23(12-6-7-13-23)17-8-4-3-5-9-17/h3-5,8-11,14H,6-7,12-13H2,1-2H3,(H,24,29). The molecule has 7 nitrogen and oxygen atoms in total. The van der Waals surface area contributed by atoms with Crippen molar-refractivity contribution in [3.8, 4) is 16.3 Å². The van der Waals surface area contributed by atoms with Crippen LogP contribution in [0.5, 0.6) is 5.75 Å². The third kappa shape index (κ3) is 3.37. The zero-order chi connectivity index (χ0) is 21.4.